The van der Waals surface area contributed by atoms with Gasteiger partial charge in [-0.1, -0.05) is 83.7 Å². The van der Waals surface area contributed by atoms with Crippen LogP contribution in [-0.4, -0.2) is 118 Å². The SMILES string of the molecule is CC[C@H](NC(=O)[C@H]1C[C@@H](NC(=O)CCCCCCCCC(=O)NCCn2cc3c(n2)CN(C)C(=O)c2ccc(F)cc2[C@H]2CCCN2c2cc-3cnc2N)CN1C(=O)C(NC(=O)[C@@H](C)NC)C(C)(C)C)c1ccccc1. The largest absolute Gasteiger partial charge is 0.382 e. The summed E-state index contributed by atoms with van der Waals surface area (Å²) in [6.07, 6.45) is 11.7. The highest BCUT2D eigenvalue weighted by Crippen LogP contribution is 2.42. The van der Waals surface area contributed by atoms with Crippen molar-refractivity contribution in [3.8, 4) is 11.1 Å². The van der Waals surface area contributed by atoms with Crippen molar-refractivity contribution in [2.45, 2.75) is 161 Å². The molecule has 4 aromatic rings. The van der Waals surface area contributed by atoms with Crippen molar-refractivity contribution in [3.05, 3.63) is 95.2 Å². The number of nitrogens with two attached hydrogens (primary N) is 1. The summed E-state index contributed by atoms with van der Waals surface area (Å²) >= 11 is 0. The Balaban J connectivity index is 0.854. The molecular formula is C57H79FN12O6. The van der Waals surface area contributed by atoms with Crippen molar-refractivity contribution in [1.82, 2.24) is 51.1 Å². The Morgan fingerprint density at radius 1 is 0.921 bits per heavy atom. The van der Waals surface area contributed by atoms with Gasteiger partial charge in [0, 0.05) is 74.6 Å². The maximum Gasteiger partial charge on any atom is 0.254 e. The van der Waals surface area contributed by atoms with Crippen molar-refractivity contribution in [2.75, 3.05) is 44.4 Å². The zero-order valence-corrected chi connectivity index (χ0v) is 45.4. The molecule has 2 bridgehead atoms. The van der Waals surface area contributed by atoms with Crippen molar-refractivity contribution in [1.29, 1.82) is 0 Å². The van der Waals surface area contributed by atoms with E-state index in [1.807, 2.05) is 70.3 Å². The van der Waals surface area contributed by atoms with Gasteiger partial charge in [-0.15, -0.1) is 0 Å². The van der Waals surface area contributed by atoms with E-state index in [0.717, 1.165) is 67.3 Å². The third-order valence-electron chi connectivity index (χ3n) is 15.1. The molecule has 2 fully saturated rings. The lowest BCUT2D eigenvalue weighted by atomic mass is 9.85. The number of anilines is 2. The van der Waals surface area contributed by atoms with E-state index < -0.39 is 35.4 Å². The minimum absolute atomic E-state index is 0.0500. The molecule has 76 heavy (non-hydrogen) atoms. The third-order valence-corrected chi connectivity index (χ3v) is 15.1. The summed E-state index contributed by atoms with van der Waals surface area (Å²) in [4.78, 5) is 91.5. The van der Waals surface area contributed by atoms with Crippen LogP contribution in [0.25, 0.3) is 11.1 Å². The fraction of sp³-hybridized carbons (Fsp3) is 0.544. The zero-order valence-electron chi connectivity index (χ0n) is 45.4. The molecule has 0 aliphatic carbocycles. The molecule has 3 aliphatic heterocycles. The van der Waals surface area contributed by atoms with Crippen LogP contribution in [0.3, 0.4) is 0 Å². The first kappa shape index (κ1) is 56.8. The van der Waals surface area contributed by atoms with Gasteiger partial charge in [-0.05, 0) is 93.3 Å². The Kier molecular flexibility index (Phi) is 19.3. The Hall–Kier alpha value is -6.89. The first-order valence-corrected chi connectivity index (χ1v) is 27.2. The van der Waals surface area contributed by atoms with E-state index in [1.54, 1.807) is 42.9 Å². The average molecular weight is 1050 g/mol. The van der Waals surface area contributed by atoms with Gasteiger partial charge < -0.3 is 47.0 Å². The number of carbonyl (C=O) groups is 6. The highest BCUT2D eigenvalue weighted by atomic mass is 19.1. The first-order valence-electron chi connectivity index (χ1n) is 27.2. The normalized spacial score (nSPS) is 18.6. The maximum absolute atomic E-state index is 14.7. The molecule has 0 radical (unpaired) electrons. The summed E-state index contributed by atoms with van der Waals surface area (Å²) in [5.41, 5.74) is 10.8. The molecule has 7 rings (SSSR count). The highest BCUT2D eigenvalue weighted by Gasteiger charge is 2.46. The van der Waals surface area contributed by atoms with Gasteiger partial charge in [0.1, 0.15) is 23.7 Å². The number of pyridine rings is 1. The van der Waals surface area contributed by atoms with Crippen LogP contribution in [0.1, 0.15) is 151 Å². The van der Waals surface area contributed by atoms with Crippen LogP contribution in [-0.2, 0) is 37.1 Å². The standard InChI is InChI=1S/C57H79FN12O6/c1-8-44(37-19-14-13-15-20-37)64-54(74)48-31-40(33-70(48)56(76)51(57(3,4)5)65-53(73)36(2)60-6)63-50(72)23-17-12-10-9-11-16-22-49(71)61-26-28-68-34-43-38-29-47(52(59)62-32-38)69-27-18-21-46(69)42-30-39(58)24-25-41(42)55(75)67(7)35-45(43)66-68/h13-15,19-20,24-25,29-30,32,34,36,40,44,46,48,51,60H,8-12,16-18,21-23,26-28,31,33,35H2,1-7H3,(H2,59,62)(H,61,71)(H,63,72)(H,64,74)(H,65,73)/t36-,40-,44+,46-,48-,51?/m1/s1. The minimum atomic E-state index is -0.910. The van der Waals surface area contributed by atoms with Gasteiger partial charge in [0.25, 0.3) is 5.91 Å². The zero-order chi connectivity index (χ0) is 54.7. The fourth-order valence-electron chi connectivity index (χ4n) is 10.7. The lowest BCUT2D eigenvalue weighted by Crippen LogP contribution is -2.59. The maximum atomic E-state index is 14.7. The number of fused-ring (bicyclic) bond motifs is 8. The number of carbonyl (C=O) groups excluding carboxylic acids is 6. The van der Waals surface area contributed by atoms with Crippen LogP contribution < -0.4 is 37.2 Å². The summed E-state index contributed by atoms with van der Waals surface area (Å²) in [5.74, 6) is -1.47. The molecule has 2 aromatic carbocycles. The molecule has 1 unspecified atom stereocenters. The molecule has 5 heterocycles. The number of unbranched alkanes of at least 4 members (excludes halogenated alkanes) is 5. The van der Waals surface area contributed by atoms with E-state index in [2.05, 4.69) is 36.5 Å². The van der Waals surface area contributed by atoms with Crippen LogP contribution in [0.2, 0.25) is 0 Å². The molecular weight excluding hydrogens is 968 g/mol. The summed E-state index contributed by atoms with van der Waals surface area (Å²) < 4.78 is 16.5. The molecule has 3 aliphatic rings. The quantitative estimate of drug-likeness (QED) is 0.0506. The topological polar surface area (TPSA) is 229 Å². The van der Waals surface area contributed by atoms with E-state index in [4.69, 9.17) is 10.8 Å². The molecule has 7 N–H and O–H groups in total. The van der Waals surface area contributed by atoms with Crippen molar-refractivity contribution in [3.63, 3.8) is 0 Å². The van der Waals surface area contributed by atoms with E-state index in [1.165, 1.54) is 17.0 Å². The van der Waals surface area contributed by atoms with Gasteiger partial charge in [0.15, 0.2) is 0 Å². The van der Waals surface area contributed by atoms with E-state index in [-0.39, 0.29) is 67.0 Å². The molecule has 410 valence electrons. The third kappa shape index (κ3) is 14.1. The number of aromatic nitrogens is 3. The number of hydrogen-bond donors (Lipinski definition) is 6. The van der Waals surface area contributed by atoms with E-state index in [0.29, 0.717) is 68.0 Å². The number of likely N-dealkylation sites (tertiary alicyclic amines) is 1. The monoisotopic (exact) mass is 1050 g/mol. The van der Waals surface area contributed by atoms with Gasteiger partial charge in [-0.25, -0.2) is 9.37 Å². The Morgan fingerprint density at radius 3 is 2.33 bits per heavy atom. The number of nitrogens with one attached hydrogen (secondary N) is 5. The molecule has 2 aromatic heterocycles. The molecule has 2 saturated heterocycles. The number of nitrogens with zero attached hydrogens (tertiary/aromatic N) is 6. The van der Waals surface area contributed by atoms with Crippen LogP contribution in [0, 0.1) is 11.2 Å². The lowest BCUT2D eigenvalue weighted by molar-refractivity contribution is -0.144. The van der Waals surface area contributed by atoms with E-state index in [9.17, 15) is 33.2 Å². The van der Waals surface area contributed by atoms with Gasteiger partial charge >= 0.3 is 0 Å². The number of likely N-dealkylation sites (N-methyl/N-ethyl adjacent to an activating group) is 1. The lowest BCUT2D eigenvalue weighted by Gasteiger charge is -2.36. The summed E-state index contributed by atoms with van der Waals surface area (Å²) in [6, 6.07) is 12.8. The summed E-state index contributed by atoms with van der Waals surface area (Å²) in [7, 11) is 3.39. The second-order valence-electron chi connectivity index (χ2n) is 21.8. The number of benzene rings is 2. The fourth-order valence-corrected chi connectivity index (χ4v) is 10.7. The molecule has 6 amide bonds. The van der Waals surface area contributed by atoms with Crippen molar-refractivity contribution < 1.29 is 33.2 Å². The second-order valence-corrected chi connectivity index (χ2v) is 21.8. The Bertz CT molecular complexity index is 2690. The number of hydrogen-bond acceptors (Lipinski definition) is 11. The van der Waals surface area contributed by atoms with Gasteiger partial charge in [0.05, 0.1) is 42.6 Å². The van der Waals surface area contributed by atoms with Crippen molar-refractivity contribution in [2.24, 2.45) is 5.41 Å². The van der Waals surface area contributed by atoms with Crippen molar-refractivity contribution >= 4 is 46.9 Å². The summed E-state index contributed by atoms with van der Waals surface area (Å²) in [6.45, 7) is 11.1. The molecule has 0 saturated carbocycles. The minimum Gasteiger partial charge on any atom is -0.382 e. The average Bonchev–Trinajstić information content (AvgIpc) is 4.17. The Labute approximate surface area is 446 Å². The predicted octanol–water partition coefficient (Wildman–Crippen LogP) is 6.32. The van der Waals surface area contributed by atoms with Gasteiger partial charge in [0.2, 0.25) is 29.5 Å². The number of amides is 6. The highest BCUT2D eigenvalue weighted by molar-refractivity contribution is 5.96. The molecule has 19 heteroatoms. The second kappa shape index (κ2) is 25.8. The van der Waals surface area contributed by atoms with E-state index >= 15 is 0 Å². The van der Waals surface area contributed by atoms with Gasteiger partial charge in [-0.3, -0.25) is 33.4 Å². The number of halogens is 1. The molecule has 18 nitrogen and oxygen atoms in total. The van der Waals surface area contributed by atoms with Gasteiger partial charge in [-0.2, -0.15) is 5.10 Å². The molecule has 0 spiro atoms. The first-order chi connectivity index (χ1) is 36.4. The predicted molar refractivity (Wildman–Crippen MR) is 291 cm³/mol. The van der Waals surface area contributed by atoms with Crippen LogP contribution in [0.5, 0.6) is 0 Å². The number of nitrogen functional groups attached to an aromatic ring is 1. The Morgan fingerprint density at radius 2 is 1.63 bits per heavy atom. The van der Waals surface area contributed by atoms with Crippen LogP contribution >= 0.6 is 0 Å². The van der Waals surface area contributed by atoms with Crippen LogP contribution in [0.4, 0.5) is 15.9 Å². The number of rotatable bonds is 21. The van der Waals surface area contributed by atoms with Crippen LogP contribution in [0.15, 0.2) is 67.0 Å². The summed E-state index contributed by atoms with van der Waals surface area (Å²) in [5, 5.41) is 20.0. The smallest absolute Gasteiger partial charge is 0.254 e. The molecule has 6 atom stereocenters.